The quantitative estimate of drug-likeness (QED) is 0.358. The number of benzene rings is 2. The summed E-state index contributed by atoms with van der Waals surface area (Å²) >= 11 is 0. The zero-order valence-corrected chi connectivity index (χ0v) is 14.1. The molecule has 6 N–H and O–H groups in total. The Morgan fingerprint density at radius 2 is 1.62 bits per heavy atom. The van der Waals surface area contributed by atoms with E-state index in [1.165, 1.54) is 12.1 Å². The van der Waals surface area contributed by atoms with Crippen LogP contribution in [0, 0.1) is 6.92 Å². The van der Waals surface area contributed by atoms with Crippen molar-refractivity contribution in [2.45, 2.75) is 20.3 Å². The molecule has 0 atom stereocenters. The molecule has 2 rings (SSSR count). The van der Waals surface area contributed by atoms with Gasteiger partial charge in [0.05, 0.1) is 12.3 Å². The van der Waals surface area contributed by atoms with Crippen LogP contribution in [0.25, 0.3) is 0 Å². The van der Waals surface area contributed by atoms with Gasteiger partial charge in [0.2, 0.25) is 0 Å². The van der Waals surface area contributed by atoms with Crippen LogP contribution >= 0.6 is 0 Å². The maximum absolute atomic E-state index is 9.30. The van der Waals surface area contributed by atoms with E-state index < -0.39 is 0 Å². The van der Waals surface area contributed by atoms with E-state index >= 15 is 0 Å². The highest BCUT2D eigenvalue weighted by Crippen LogP contribution is 2.26. The van der Waals surface area contributed by atoms with Crippen LogP contribution in [0.15, 0.2) is 36.4 Å². The molecule has 0 saturated heterocycles. The summed E-state index contributed by atoms with van der Waals surface area (Å²) < 4.78 is 0. The third kappa shape index (κ3) is 6.66. The van der Waals surface area contributed by atoms with Gasteiger partial charge in [0, 0.05) is 30.9 Å². The number of aromatic hydroxyl groups is 3. The largest absolute Gasteiger partial charge is 0.508 e. The number of hydrogen-bond acceptors (Lipinski definition) is 6. The number of rotatable bonds is 6. The number of phenolic OH excluding ortho intramolecular Hbond substituents is 3. The lowest BCUT2D eigenvalue weighted by Crippen LogP contribution is -2.04. The molecule has 0 aliphatic carbocycles. The second-order valence-electron chi connectivity index (χ2n) is 5.28. The molecule has 0 unspecified atom stereocenters. The Hall–Kier alpha value is -2.60. The molecule has 0 amide bonds. The van der Waals surface area contributed by atoms with E-state index in [2.05, 4.69) is 10.6 Å². The number of aliphatic hydroxyl groups is 1. The normalized spacial score (nSPS) is 9.79. The van der Waals surface area contributed by atoms with Gasteiger partial charge in [-0.25, -0.2) is 0 Å². The van der Waals surface area contributed by atoms with Gasteiger partial charge in [-0.2, -0.15) is 0 Å². The first-order chi connectivity index (χ1) is 11.5. The second-order valence-corrected chi connectivity index (χ2v) is 5.28. The van der Waals surface area contributed by atoms with Crippen LogP contribution in [0.1, 0.15) is 18.9 Å². The highest BCUT2D eigenvalue weighted by atomic mass is 16.3. The van der Waals surface area contributed by atoms with Crippen LogP contribution in [0.5, 0.6) is 17.2 Å². The molecule has 0 saturated carbocycles. The fourth-order valence-electron chi connectivity index (χ4n) is 1.85. The highest BCUT2D eigenvalue weighted by molar-refractivity contribution is 5.58. The second kappa shape index (κ2) is 10.2. The van der Waals surface area contributed by atoms with Gasteiger partial charge < -0.3 is 31.1 Å². The summed E-state index contributed by atoms with van der Waals surface area (Å²) in [4.78, 5) is 0. The molecule has 132 valence electrons. The first-order valence-electron chi connectivity index (χ1n) is 7.88. The van der Waals surface area contributed by atoms with Crippen molar-refractivity contribution in [2.24, 2.45) is 0 Å². The molecule has 0 aliphatic rings. The Bertz CT molecular complexity index is 632. The first kappa shape index (κ1) is 19.4. The monoisotopic (exact) mass is 334 g/mol. The average Bonchev–Trinajstić information content (AvgIpc) is 2.56. The van der Waals surface area contributed by atoms with Gasteiger partial charge in [-0.15, -0.1) is 0 Å². The van der Waals surface area contributed by atoms with Gasteiger partial charge in [-0.1, -0.05) is 13.0 Å². The lowest BCUT2D eigenvalue weighted by Gasteiger charge is -2.06. The van der Waals surface area contributed by atoms with Gasteiger partial charge in [0.15, 0.2) is 0 Å². The molecule has 0 bridgehead atoms. The van der Waals surface area contributed by atoms with Crippen LogP contribution < -0.4 is 10.6 Å². The molecule has 0 radical (unpaired) electrons. The molecule has 6 heteroatoms. The molecule has 0 fully saturated rings. The molecule has 0 spiro atoms. The number of nitrogens with one attached hydrogen (secondary N) is 2. The molecular formula is C18H26N2O4. The molecule has 6 nitrogen and oxygen atoms in total. The fraction of sp³-hybridized carbons (Fsp3) is 0.333. The smallest absolute Gasteiger partial charge is 0.142 e. The van der Waals surface area contributed by atoms with Crippen LogP contribution in [0.4, 0.5) is 11.4 Å². The third-order valence-corrected chi connectivity index (χ3v) is 3.20. The van der Waals surface area contributed by atoms with Crippen LogP contribution in [0.3, 0.4) is 0 Å². The van der Waals surface area contributed by atoms with Crippen molar-refractivity contribution < 1.29 is 20.4 Å². The predicted octanol–water partition coefficient (Wildman–Crippen LogP) is 3.02. The van der Waals surface area contributed by atoms with Crippen LogP contribution in [0.2, 0.25) is 0 Å². The Balaban J connectivity index is 0.000000240. The zero-order chi connectivity index (χ0) is 17.9. The number of aliphatic hydroxyl groups excluding tert-OH is 1. The van der Waals surface area contributed by atoms with Crippen molar-refractivity contribution in [1.82, 2.24) is 0 Å². The van der Waals surface area contributed by atoms with Crippen LogP contribution in [-0.2, 0) is 0 Å². The summed E-state index contributed by atoms with van der Waals surface area (Å²) in [5.74, 6) is 0.441. The maximum Gasteiger partial charge on any atom is 0.142 e. The minimum atomic E-state index is 0.0783. The first-order valence-corrected chi connectivity index (χ1v) is 7.88. The fourth-order valence-corrected chi connectivity index (χ4v) is 1.85. The summed E-state index contributed by atoms with van der Waals surface area (Å²) in [6.07, 6.45) is 1.00. The third-order valence-electron chi connectivity index (χ3n) is 3.20. The molecule has 0 aromatic heterocycles. The summed E-state index contributed by atoms with van der Waals surface area (Å²) in [7, 11) is 0. The van der Waals surface area contributed by atoms with Crippen molar-refractivity contribution in [3.8, 4) is 17.2 Å². The van der Waals surface area contributed by atoms with Gasteiger partial charge in [0.25, 0.3) is 0 Å². The van der Waals surface area contributed by atoms with Crippen LogP contribution in [-0.4, -0.2) is 40.1 Å². The summed E-state index contributed by atoms with van der Waals surface area (Å²) in [5.41, 5.74) is 2.34. The minimum Gasteiger partial charge on any atom is -0.508 e. The summed E-state index contributed by atoms with van der Waals surface area (Å²) in [6, 6.07) is 9.85. The number of phenols is 3. The minimum absolute atomic E-state index is 0.0783. The zero-order valence-electron chi connectivity index (χ0n) is 14.1. The van der Waals surface area contributed by atoms with Gasteiger partial charge in [-0.05, 0) is 37.1 Å². The Morgan fingerprint density at radius 3 is 2.21 bits per heavy atom. The van der Waals surface area contributed by atoms with E-state index in [0.717, 1.165) is 24.2 Å². The molecule has 0 aliphatic heterocycles. The Kier molecular flexibility index (Phi) is 8.29. The molecule has 0 heterocycles. The topological polar surface area (TPSA) is 105 Å². The number of hydrogen-bond donors (Lipinski definition) is 6. The predicted molar refractivity (Wildman–Crippen MR) is 97.0 cm³/mol. The van der Waals surface area contributed by atoms with Crippen molar-refractivity contribution in [1.29, 1.82) is 0 Å². The number of anilines is 2. The van der Waals surface area contributed by atoms with E-state index in [1.807, 2.05) is 26.0 Å². The average molecular weight is 334 g/mol. The molecule has 24 heavy (non-hydrogen) atoms. The van der Waals surface area contributed by atoms with E-state index in [4.69, 9.17) is 10.2 Å². The van der Waals surface area contributed by atoms with Crippen molar-refractivity contribution in [3.63, 3.8) is 0 Å². The van der Waals surface area contributed by atoms with E-state index in [1.54, 1.807) is 12.1 Å². The van der Waals surface area contributed by atoms with Crippen molar-refractivity contribution >= 4 is 11.4 Å². The maximum atomic E-state index is 9.30. The number of aryl methyl sites for hydroxylation is 1. The summed E-state index contributed by atoms with van der Waals surface area (Å²) in [5, 5.41) is 42.1. The van der Waals surface area contributed by atoms with Crippen molar-refractivity contribution in [3.05, 3.63) is 42.0 Å². The lowest BCUT2D eigenvalue weighted by atomic mass is 10.2. The standard InChI is InChI=1S/2C9H13NO2/c1-7-2-3-8(6-9(7)12)10-4-5-11;1-2-5-10-8-4-3-7(11)6-9(8)12/h2-3,6,10-12H,4-5H2,1H3;3-4,6,10-12H,2,5H2,1H3. The Morgan fingerprint density at radius 1 is 0.875 bits per heavy atom. The highest BCUT2D eigenvalue weighted by Gasteiger charge is 1.99. The Labute approximate surface area is 142 Å². The summed E-state index contributed by atoms with van der Waals surface area (Å²) in [6.45, 7) is 5.30. The van der Waals surface area contributed by atoms with Crippen molar-refractivity contribution in [2.75, 3.05) is 30.3 Å². The van der Waals surface area contributed by atoms with Gasteiger partial charge in [-0.3, -0.25) is 0 Å². The molecular weight excluding hydrogens is 308 g/mol. The van der Waals surface area contributed by atoms with E-state index in [0.29, 0.717) is 12.2 Å². The molecule has 2 aromatic rings. The molecule has 2 aromatic carbocycles. The van der Waals surface area contributed by atoms with Gasteiger partial charge in [0.1, 0.15) is 17.2 Å². The van der Waals surface area contributed by atoms with Gasteiger partial charge >= 0.3 is 0 Å². The lowest BCUT2D eigenvalue weighted by molar-refractivity contribution is 0.311. The SMILES string of the molecule is CCCNc1ccc(O)cc1O.Cc1ccc(NCCO)cc1O. The van der Waals surface area contributed by atoms with E-state index in [-0.39, 0.29) is 23.9 Å². The van der Waals surface area contributed by atoms with E-state index in [9.17, 15) is 10.2 Å².